The maximum absolute atomic E-state index is 12.7. The molecule has 1 saturated heterocycles. The second-order valence-corrected chi connectivity index (χ2v) is 8.23. The van der Waals surface area contributed by atoms with Crippen molar-refractivity contribution in [2.24, 2.45) is 11.8 Å². The number of nitrogens with one attached hydrogen (secondary N) is 1. The number of aliphatic hydroxyl groups is 1. The van der Waals surface area contributed by atoms with Crippen molar-refractivity contribution in [2.45, 2.75) is 31.5 Å². The smallest absolute Gasteiger partial charge is 0.287 e. The summed E-state index contributed by atoms with van der Waals surface area (Å²) in [7, 11) is 0. The Labute approximate surface area is 174 Å². The summed E-state index contributed by atoms with van der Waals surface area (Å²) in [5.41, 5.74) is 0. The van der Waals surface area contributed by atoms with Crippen molar-refractivity contribution >= 4 is 11.7 Å². The highest BCUT2D eigenvalue weighted by molar-refractivity contribution is 5.91. The van der Waals surface area contributed by atoms with E-state index in [1.54, 1.807) is 30.9 Å². The van der Waals surface area contributed by atoms with Crippen LogP contribution in [0.5, 0.6) is 0 Å². The molecule has 1 aliphatic carbocycles. The number of carbonyl (C=O) groups excluding carboxylic acids is 1. The third-order valence-corrected chi connectivity index (χ3v) is 6.21. The number of hydrogen-bond acceptors (Lipinski definition) is 6. The molecule has 4 atom stereocenters. The van der Waals surface area contributed by atoms with Crippen LogP contribution in [-0.2, 0) is 6.54 Å². The van der Waals surface area contributed by atoms with Crippen LogP contribution >= 0.6 is 0 Å². The van der Waals surface area contributed by atoms with Crippen molar-refractivity contribution in [1.82, 2.24) is 19.9 Å². The van der Waals surface area contributed by atoms with Crippen LogP contribution in [-0.4, -0.2) is 50.8 Å². The summed E-state index contributed by atoms with van der Waals surface area (Å²) in [6.45, 7) is 2.32. The average molecular weight is 407 g/mol. The highest BCUT2D eigenvalue weighted by atomic mass is 16.4. The Kier molecular flexibility index (Phi) is 5.00. The quantitative estimate of drug-likeness (QED) is 0.671. The largest absolute Gasteiger partial charge is 0.454 e. The van der Waals surface area contributed by atoms with E-state index in [-0.39, 0.29) is 17.7 Å². The zero-order valence-electron chi connectivity index (χ0n) is 16.6. The first-order valence-corrected chi connectivity index (χ1v) is 10.3. The van der Waals surface area contributed by atoms with Crippen LogP contribution < -0.4 is 10.2 Å². The second kappa shape index (κ2) is 7.95. The number of nitrogens with zero attached hydrogens (tertiary/aromatic N) is 4. The first-order valence-electron chi connectivity index (χ1n) is 10.3. The minimum Gasteiger partial charge on any atom is -0.454 e. The Morgan fingerprint density at radius 3 is 2.80 bits per heavy atom. The van der Waals surface area contributed by atoms with Gasteiger partial charge in [-0.15, -0.1) is 0 Å². The van der Waals surface area contributed by atoms with Gasteiger partial charge in [-0.3, -0.25) is 4.79 Å². The molecule has 0 radical (unpaired) electrons. The number of rotatable bonds is 5. The maximum atomic E-state index is 12.7. The molecule has 156 valence electrons. The van der Waals surface area contributed by atoms with E-state index in [1.807, 2.05) is 29.0 Å². The van der Waals surface area contributed by atoms with Crippen LogP contribution in [0.25, 0.3) is 0 Å². The number of furan rings is 1. The lowest BCUT2D eigenvalue weighted by atomic mass is 9.77. The number of carbonyl (C=O) groups is 1. The van der Waals surface area contributed by atoms with E-state index < -0.39 is 6.10 Å². The summed E-state index contributed by atoms with van der Waals surface area (Å²) in [6.07, 6.45) is 7.93. The fourth-order valence-corrected chi connectivity index (χ4v) is 4.70. The molecule has 2 fully saturated rings. The van der Waals surface area contributed by atoms with Crippen molar-refractivity contribution in [3.05, 3.63) is 66.8 Å². The minimum atomic E-state index is -0.556. The van der Waals surface area contributed by atoms with Crippen molar-refractivity contribution in [2.75, 3.05) is 18.0 Å². The van der Waals surface area contributed by atoms with Gasteiger partial charge < -0.3 is 24.3 Å². The molecule has 0 unspecified atom stereocenters. The SMILES string of the molecule is O=C(N[C@H]1C[C@H]2CN(c3ccccn3)C[C@H]2C[C@@H]1O)c1ccc(Cn2ccnc2)o1. The topological polar surface area (TPSA) is 96.4 Å². The zero-order chi connectivity index (χ0) is 20.5. The van der Waals surface area contributed by atoms with E-state index in [4.69, 9.17) is 4.42 Å². The fourth-order valence-electron chi connectivity index (χ4n) is 4.70. The van der Waals surface area contributed by atoms with Crippen molar-refractivity contribution in [3.63, 3.8) is 0 Å². The molecule has 1 amide bonds. The molecule has 2 N–H and O–H groups in total. The molecule has 2 aliphatic rings. The lowest BCUT2D eigenvalue weighted by molar-refractivity contribution is 0.0452. The first-order chi connectivity index (χ1) is 14.7. The summed E-state index contributed by atoms with van der Waals surface area (Å²) >= 11 is 0. The predicted octanol–water partition coefficient (Wildman–Crippen LogP) is 1.93. The molecule has 3 aromatic rings. The first kappa shape index (κ1) is 18.9. The third-order valence-electron chi connectivity index (χ3n) is 6.21. The minimum absolute atomic E-state index is 0.265. The number of amides is 1. The number of pyridine rings is 1. The van der Waals surface area contributed by atoms with Gasteiger partial charge in [0.2, 0.25) is 0 Å². The number of fused-ring (bicyclic) bond motifs is 1. The van der Waals surface area contributed by atoms with Crippen LogP contribution in [0, 0.1) is 11.8 Å². The molecule has 8 nitrogen and oxygen atoms in total. The Bertz CT molecular complexity index is 987. The molecule has 8 heteroatoms. The van der Waals surface area contributed by atoms with Crippen molar-refractivity contribution in [3.8, 4) is 0 Å². The van der Waals surface area contributed by atoms with E-state index in [2.05, 4.69) is 20.2 Å². The van der Waals surface area contributed by atoms with Gasteiger partial charge in [0, 0.05) is 31.7 Å². The molecular weight excluding hydrogens is 382 g/mol. The van der Waals surface area contributed by atoms with Gasteiger partial charge in [0.05, 0.1) is 25.0 Å². The molecule has 30 heavy (non-hydrogen) atoms. The van der Waals surface area contributed by atoms with E-state index in [0.29, 0.717) is 30.6 Å². The van der Waals surface area contributed by atoms with E-state index in [1.165, 1.54) is 0 Å². The van der Waals surface area contributed by atoms with Crippen LogP contribution in [0.4, 0.5) is 5.82 Å². The lowest BCUT2D eigenvalue weighted by Crippen LogP contribution is -2.49. The zero-order valence-corrected chi connectivity index (χ0v) is 16.6. The van der Waals surface area contributed by atoms with E-state index in [9.17, 15) is 9.90 Å². The van der Waals surface area contributed by atoms with Crippen molar-refractivity contribution in [1.29, 1.82) is 0 Å². The molecule has 5 rings (SSSR count). The van der Waals surface area contributed by atoms with E-state index in [0.717, 1.165) is 25.3 Å². The van der Waals surface area contributed by atoms with Gasteiger partial charge in [0.15, 0.2) is 5.76 Å². The second-order valence-electron chi connectivity index (χ2n) is 8.23. The van der Waals surface area contributed by atoms with Gasteiger partial charge in [-0.25, -0.2) is 9.97 Å². The number of hydrogen-bond donors (Lipinski definition) is 2. The van der Waals surface area contributed by atoms with Crippen LogP contribution in [0.3, 0.4) is 0 Å². The monoisotopic (exact) mass is 407 g/mol. The third kappa shape index (κ3) is 3.82. The summed E-state index contributed by atoms with van der Waals surface area (Å²) in [5, 5.41) is 13.6. The molecule has 1 aliphatic heterocycles. The van der Waals surface area contributed by atoms with Gasteiger partial charge >= 0.3 is 0 Å². The van der Waals surface area contributed by atoms with Crippen LogP contribution in [0.15, 0.2) is 59.7 Å². The Morgan fingerprint density at radius 1 is 1.17 bits per heavy atom. The van der Waals surface area contributed by atoms with Gasteiger partial charge in [-0.05, 0) is 48.9 Å². The lowest BCUT2D eigenvalue weighted by Gasteiger charge is -2.35. The normalized spacial score (nSPS) is 25.8. The number of imidazole rings is 1. The summed E-state index contributed by atoms with van der Waals surface area (Å²) in [4.78, 5) is 23.4. The molecule has 4 heterocycles. The molecule has 0 bridgehead atoms. The molecule has 0 spiro atoms. The summed E-state index contributed by atoms with van der Waals surface area (Å²) in [6, 6.07) is 9.13. The highest BCUT2D eigenvalue weighted by Crippen LogP contribution is 2.38. The number of anilines is 1. The van der Waals surface area contributed by atoms with Crippen LogP contribution in [0.1, 0.15) is 29.2 Å². The van der Waals surface area contributed by atoms with E-state index >= 15 is 0 Å². The average Bonchev–Trinajstić information content (AvgIpc) is 3.50. The number of aliphatic hydroxyl groups excluding tert-OH is 1. The van der Waals surface area contributed by atoms with Crippen LogP contribution in [0.2, 0.25) is 0 Å². The Hall–Kier alpha value is -3.13. The fraction of sp³-hybridized carbons (Fsp3) is 0.409. The summed E-state index contributed by atoms with van der Waals surface area (Å²) in [5.74, 6) is 2.48. The van der Waals surface area contributed by atoms with Crippen molar-refractivity contribution < 1.29 is 14.3 Å². The highest BCUT2D eigenvalue weighted by Gasteiger charge is 2.42. The Balaban J connectivity index is 1.20. The maximum Gasteiger partial charge on any atom is 0.287 e. The standard InChI is InChI=1S/C22H25N5O3/c28-19-10-16-12-27(21-3-1-2-6-24-21)11-15(16)9-18(19)25-22(29)20-5-4-17(30-20)13-26-8-7-23-14-26/h1-8,14-16,18-19,28H,9-13H2,(H,25,29)/t15-,16+,18-,19-/m0/s1. The molecule has 1 saturated carbocycles. The van der Waals surface area contributed by atoms with Gasteiger partial charge in [0.1, 0.15) is 11.6 Å². The number of aromatic nitrogens is 3. The molecular formula is C22H25N5O3. The summed E-state index contributed by atoms with van der Waals surface area (Å²) < 4.78 is 7.57. The predicted molar refractivity (Wildman–Crippen MR) is 110 cm³/mol. The van der Waals surface area contributed by atoms with Gasteiger partial charge in [-0.2, -0.15) is 0 Å². The Morgan fingerprint density at radius 2 is 2.03 bits per heavy atom. The van der Waals surface area contributed by atoms with Gasteiger partial charge in [-0.1, -0.05) is 6.07 Å². The molecule has 0 aromatic carbocycles. The molecule has 3 aromatic heterocycles. The van der Waals surface area contributed by atoms with Gasteiger partial charge in [0.25, 0.3) is 5.91 Å².